The van der Waals surface area contributed by atoms with Crippen molar-refractivity contribution in [3.63, 3.8) is 0 Å². The molecule has 0 amide bonds. The number of fused-ring (bicyclic) bond motifs is 2. The molecule has 1 aliphatic heterocycles. The SMILES string of the molecule is CC1(C)OC2C(CN)CC(n3ccc4c(NC5CC5)ncnc43)C2O1. The van der Waals surface area contributed by atoms with E-state index in [0.29, 0.717) is 18.5 Å². The first-order valence-corrected chi connectivity index (χ1v) is 9.19. The topological polar surface area (TPSA) is 87.2 Å². The zero-order valence-corrected chi connectivity index (χ0v) is 14.7. The normalized spacial score (nSPS) is 33.7. The van der Waals surface area contributed by atoms with E-state index in [-0.39, 0.29) is 18.2 Å². The summed E-state index contributed by atoms with van der Waals surface area (Å²) in [5.74, 6) is 0.679. The second-order valence-electron chi connectivity index (χ2n) is 7.96. The number of rotatable bonds is 4. The van der Waals surface area contributed by atoms with Crippen molar-refractivity contribution in [3.05, 3.63) is 18.6 Å². The highest BCUT2D eigenvalue weighted by Crippen LogP contribution is 2.47. The summed E-state index contributed by atoms with van der Waals surface area (Å²) in [7, 11) is 0. The Morgan fingerprint density at radius 1 is 1.28 bits per heavy atom. The molecule has 1 saturated heterocycles. The maximum Gasteiger partial charge on any atom is 0.163 e. The van der Waals surface area contributed by atoms with Crippen molar-refractivity contribution in [2.24, 2.45) is 11.7 Å². The van der Waals surface area contributed by atoms with Crippen LogP contribution in [0.1, 0.15) is 39.2 Å². The molecular formula is C18H25N5O2. The lowest BCUT2D eigenvalue weighted by atomic mass is 10.1. The van der Waals surface area contributed by atoms with Crippen molar-refractivity contribution >= 4 is 16.9 Å². The van der Waals surface area contributed by atoms with Gasteiger partial charge in [-0.1, -0.05) is 0 Å². The van der Waals surface area contributed by atoms with E-state index < -0.39 is 5.79 Å². The molecule has 3 aliphatic rings. The van der Waals surface area contributed by atoms with Crippen LogP contribution in [-0.4, -0.2) is 45.1 Å². The monoisotopic (exact) mass is 343 g/mol. The van der Waals surface area contributed by atoms with Crippen molar-refractivity contribution in [2.75, 3.05) is 11.9 Å². The first-order valence-electron chi connectivity index (χ1n) is 9.19. The first-order chi connectivity index (χ1) is 12.1. The van der Waals surface area contributed by atoms with Crippen molar-refractivity contribution in [3.8, 4) is 0 Å². The summed E-state index contributed by atoms with van der Waals surface area (Å²) in [6, 6.07) is 2.85. The molecule has 7 nitrogen and oxygen atoms in total. The van der Waals surface area contributed by atoms with Crippen molar-refractivity contribution in [1.29, 1.82) is 0 Å². The molecule has 7 heteroatoms. The lowest BCUT2D eigenvalue weighted by molar-refractivity contribution is -0.159. The number of ether oxygens (including phenoxy) is 2. The van der Waals surface area contributed by atoms with Crippen LogP contribution in [0.15, 0.2) is 18.6 Å². The zero-order valence-electron chi connectivity index (χ0n) is 14.7. The molecule has 0 spiro atoms. The van der Waals surface area contributed by atoms with Gasteiger partial charge >= 0.3 is 0 Å². The Hall–Kier alpha value is -1.70. The van der Waals surface area contributed by atoms with Crippen molar-refractivity contribution < 1.29 is 9.47 Å². The van der Waals surface area contributed by atoms with E-state index >= 15 is 0 Å². The maximum absolute atomic E-state index is 6.24. The molecule has 3 heterocycles. The third-order valence-corrected chi connectivity index (χ3v) is 5.64. The molecular weight excluding hydrogens is 318 g/mol. The minimum Gasteiger partial charge on any atom is -0.367 e. The summed E-state index contributed by atoms with van der Waals surface area (Å²) in [5, 5.41) is 4.57. The van der Waals surface area contributed by atoms with Gasteiger partial charge in [-0.15, -0.1) is 0 Å². The van der Waals surface area contributed by atoms with Crippen LogP contribution in [0, 0.1) is 5.92 Å². The lowest BCUT2D eigenvalue weighted by Crippen LogP contribution is -2.29. The van der Waals surface area contributed by atoms with E-state index in [1.165, 1.54) is 12.8 Å². The third kappa shape index (κ3) is 2.53. The Kier molecular flexibility index (Phi) is 3.36. The van der Waals surface area contributed by atoms with Crippen LogP contribution >= 0.6 is 0 Å². The molecule has 134 valence electrons. The Balaban J connectivity index is 1.52. The highest BCUT2D eigenvalue weighted by Gasteiger charge is 2.54. The number of nitrogens with zero attached hydrogens (tertiary/aromatic N) is 3. The molecule has 2 saturated carbocycles. The molecule has 4 atom stereocenters. The Morgan fingerprint density at radius 2 is 2.08 bits per heavy atom. The molecule has 5 rings (SSSR count). The minimum atomic E-state index is -0.557. The van der Waals surface area contributed by atoms with Crippen LogP contribution in [0.4, 0.5) is 5.82 Å². The quantitative estimate of drug-likeness (QED) is 0.883. The number of anilines is 1. The summed E-state index contributed by atoms with van der Waals surface area (Å²) in [6.45, 7) is 4.56. The molecule has 4 unspecified atom stereocenters. The van der Waals surface area contributed by atoms with Crippen LogP contribution in [0.2, 0.25) is 0 Å². The van der Waals surface area contributed by atoms with E-state index in [9.17, 15) is 0 Å². The fourth-order valence-electron chi connectivity index (χ4n) is 4.33. The summed E-state index contributed by atoms with van der Waals surface area (Å²) >= 11 is 0. The van der Waals surface area contributed by atoms with Gasteiger partial charge in [0.25, 0.3) is 0 Å². The molecule has 3 N–H and O–H groups in total. The van der Waals surface area contributed by atoms with Gasteiger partial charge in [0.15, 0.2) is 5.79 Å². The fourth-order valence-corrected chi connectivity index (χ4v) is 4.33. The zero-order chi connectivity index (χ0) is 17.2. The largest absolute Gasteiger partial charge is 0.367 e. The second-order valence-corrected chi connectivity index (χ2v) is 7.96. The van der Waals surface area contributed by atoms with Gasteiger partial charge in [0, 0.05) is 18.2 Å². The highest BCUT2D eigenvalue weighted by atomic mass is 16.8. The molecule has 25 heavy (non-hydrogen) atoms. The first kappa shape index (κ1) is 15.5. The van der Waals surface area contributed by atoms with Gasteiger partial charge in [-0.2, -0.15) is 0 Å². The molecule has 2 aromatic rings. The molecule has 0 radical (unpaired) electrons. The maximum atomic E-state index is 6.24. The van der Waals surface area contributed by atoms with Gasteiger partial charge in [-0.25, -0.2) is 9.97 Å². The van der Waals surface area contributed by atoms with Crippen molar-refractivity contribution in [2.45, 2.75) is 63.2 Å². The average molecular weight is 343 g/mol. The molecule has 0 bridgehead atoms. The Morgan fingerprint density at radius 3 is 2.84 bits per heavy atom. The standard InChI is InChI=1S/C18H25N5O2/c1-18(2)24-14-10(8-19)7-13(15(14)25-18)23-6-5-12-16(22-11-3-4-11)20-9-21-17(12)23/h5-6,9-11,13-15H,3-4,7-8,19H2,1-2H3,(H,20,21,22). The summed E-state index contributed by atoms with van der Waals surface area (Å²) in [4.78, 5) is 9.00. The van der Waals surface area contributed by atoms with Gasteiger partial charge < -0.3 is 25.1 Å². The number of aromatic nitrogens is 3. The van der Waals surface area contributed by atoms with Gasteiger partial charge in [-0.05, 0) is 45.7 Å². The van der Waals surface area contributed by atoms with Gasteiger partial charge in [0.1, 0.15) is 23.9 Å². The van der Waals surface area contributed by atoms with E-state index in [1.54, 1.807) is 6.33 Å². The summed E-state index contributed by atoms with van der Waals surface area (Å²) in [5.41, 5.74) is 6.96. The number of hydrogen-bond donors (Lipinski definition) is 2. The number of nitrogens with two attached hydrogens (primary N) is 1. The summed E-state index contributed by atoms with van der Waals surface area (Å²) < 4.78 is 14.6. The number of hydrogen-bond acceptors (Lipinski definition) is 6. The molecule has 2 aliphatic carbocycles. The van der Waals surface area contributed by atoms with E-state index in [1.807, 2.05) is 13.8 Å². The second kappa shape index (κ2) is 5.40. The van der Waals surface area contributed by atoms with E-state index in [2.05, 4.69) is 32.1 Å². The predicted molar refractivity (Wildman–Crippen MR) is 94.2 cm³/mol. The van der Waals surface area contributed by atoms with Gasteiger partial charge in [0.05, 0.1) is 17.5 Å². The van der Waals surface area contributed by atoms with Crippen LogP contribution in [0.3, 0.4) is 0 Å². The Bertz CT molecular complexity index is 800. The fraction of sp³-hybridized carbons (Fsp3) is 0.667. The molecule has 2 aromatic heterocycles. The average Bonchev–Trinajstić information content (AvgIpc) is 3.05. The van der Waals surface area contributed by atoms with E-state index in [4.69, 9.17) is 15.2 Å². The van der Waals surface area contributed by atoms with Crippen LogP contribution < -0.4 is 11.1 Å². The molecule has 3 fully saturated rings. The number of nitrogens with one attached hydrogen (secondary N) is 1. The van der Waals surface area contributed by atoms with Crippen LogP contribution in [-0.2, 0) is 9.47 Å². The van der Waals surface area contributed by atoms with E-state index in [0.717, 1.165) is 23.3 Å². The lowest BCUT2D eigenvalue weighted by Gasteiger charge is -2.24. The predicted octanol–water partition coefficient (Wildman–Crippen LogP) is 2.05. The van der Waals surface area contributed by atoms with Gasteiger partial charge in [0.2, 0.25) is 0 Å². The van der Waals surface area contributed by atoms with Crippen LogP contribution in [0.25, 0.3) is 11.0 Å². The minimum absolute atomic E-state index is 0.00829. The third-order valence-electron chi connectivity index (χ3n) is 5.64. The molecule has 0 aromatic carbocycles. The van der Waals surface area contributed by atoms with Gasteiger partial charge in [-0.3, -0.25) is 0 Å². The Labute approximate surface area is 146 Å². The highest BCUT2D eigenvalue weighted by molar-refractivity contribution is 5.87. The van der Waals surface area contributed by atoms with Crippen LogP contribution in [0.5, 0.6) is 0 Å². The summed E-state index contributed by atoms with van der Waals surface area (Å²) in [6.07, 6.45) is 7.19. The van der Waals surface area contributed by atoms with Crippen molar-refractivity contribution in [1.82, 2.24) is 14.5 Å². The smallest absolute Gasteiger partial charge is 0.163 e.